The summed E-state index contributed by atoms with van der Waals surface area (Å²) in [5.74, 6) is 0.862. The molecule has 4 N–H and O–H groups in total. The Morgan fingerprint density at radius 2 is 2.50 bits per heavy atom. The number of aliphatic hydroxyl groups excluding tert-OH is 1. The highest BCUT2D eigenvalue weighted by Crippen LogP contribution is 2.21. The van der Waals surface area contributed by atoms with E-state index in [2.05, 4.69) is 17.1 Å². The Morgan fingerprint density at radius 1 is 1.75 bits per heavy atom. The van der Waals surface area contributed by atoms with Gasteiger partial charge in [0, 0.05) is 24.3 Å². The fourth-order valence-electron chi connectivity index (χ4n) is 1.30. The molecule has 1 aromatic heterocycles. The molecule has 0 spiro atoms. The summed E-state index contributed by atoms with van der Waals surface area (Å²) < 4.78 is 0. The van der Waals surface area contributed by atoms with Gasteiger partial charge in [-0.15, -0.1) is 0 Å². The molecule has 1 aromatic rings. The normalized spacial score (nSPS) is 13.2. The van der Waals surface area contributed by atoms with Crippen molar-refractivity contribution in [3.8, 4) is 0 Å². The number of anilines is 1. The van der Waals surface area contributed by atoms with Crippen molar-refractivity contribution in [2.75, 3.05) is 12.3 Å². The highest BCUT2D eigenvalue weighted by Gasteiger charge is 2.10. The van der Waals surface area contributed by atoms with Crippen LogP contribution in [-0.2, 0) is 0 Å². The topological polar surface area (TPSA) is 74.9 Å². The summed E-state index contributed by atoms with van der Waals surface area (Å²) in [4.78, 5) is 0. The first-order chi connectivity index (χ1) is 5.77. The monoisotopic (exact) mass is 169 g/mol. The van der Waals surface area contributed by atoms with Crippen LogP contribution in [0.4, 0.5) is 5.82 Å². The summed E-state index contributed by atoms with van der Waals surface area (Å²) in [6, 6.07) is 1.82. The summed E-state index contributed by atoms with van der Waals surface area (Å²) in [5, 5.41) is 15.5. The Kier molecular flexibility index (Phi) is 3.10. The molecule has 0 radical (unpaired) electrons. The van der Waals surface area contributed by atoms with Crippen molar-refractivity contribution in [1.82, 2.24) is 10.2 Å². The van der Waals surface area contributed by atoms with E-state index in [9.17, 15) is 0 Å². The van der Waals surface area contributed by atoms with Crippen LogP contribution in [0, 0.1) is 0 Å². The maximum Gasteiger partial charge on any atom is 0.145 e. The second-order valence-electron chi connectivity index (χ2n) is 2.87. The average molecular weight is 169 g/mol. The van der Waals surface area contributed by atoms with Crippen LogP contribution in [0.15, 0.2) is 6.07 Å². The number of nitrogen functional groups attached to an aromatic ring is 1. The molecule has 0 aliphatic heterocycles. The van der Waals surface area contributed by atoms with Crippen molar-refractivity contribution in [2.24, 2.45) is 0 Å². The molecule has 0 aliphatic carbocycles. The number of aliphatic hydroxyl groups is 1. The molecule has 1 atom stereocenters. The van der Waals surface area contributed by atoms with E-state index >= 15 is 0 Å². The van der Waals surface area contributed by atoms with Gasteiger partial charge in [-0.1, -0.05) is 6.92 Å². The molecule has 0 amide bonds. The highest BCUT2D eigenvalue weighted by molar-refractivity contribution is 5.30. The molecule has 4 heteroatoms. The van der Waals surface area contributed by atoms with Crippen molar-refractivity contribution in [1.29, 1.82) is 0 Å². The molecule has 0 saturated carbocycles. The fourth-order valence-corrected chi connectivity index (χ4v) is 1.30. The molecule has 1 rings (SSSR count). The largest absolute Gasteiger partial charge is 0.396 e. The second kappa shape index (κ2) is 4.11. The van der Waals surface area contributed by atoms with Crippen molar-refractivity contribution < 1.29 is 5.11 Å². The van der Waals surface area contributed by atoms with Gasteiger partial charge in [0.2, 0.25) is 0 Å². The van der Waals surface area contributed by atoms with E-state index in [0.717, 1.165) is 18.5 Å². The number of hydrogen-bond donors (Lipinski definition) is 3. The number of rotatable bonds is 4. The predicted molar refractivity (Wildman–Crippen MR) is 47.7 cm³/mol. The van der Waals surface area contributed by atoms with Crippen LogP contribution in [0.5, 0.6) is 0 Å². The van der Waals surface area contributed by atoms with Crippen molar-refractivity contribution >= 4 is 5.82 Å². The van der Waals surface area contributed by atoms with E-state index in [4.69, 9.17) is 10.8 Å². The third-order valence-corrected chi connectivity index (χ3v) is 2.03. The van der Waals surface area contributed by atoms with Crippen LogP contribution >= 0.6 is 0 Å². The molecule has 1 unspecified atom stereocenters. The first kappa shape index (κ1) is 9.06. The molecule has 0 aliphatic rings. The van der Waals surface area contributed by atoms with Gasteiger partial charge >= 0.3 is 0 Å². The predicted octanol–water partition coefficient (Wildman–Crippen LogP) is 0.868. The van der Waals surface area contributed by atoms with Gasteiger partial charge in [0.25, 0.3) is 0 Å². The number of nitrogens with zero attached hydrogens (tertiary/aromatic N) is 1. The zero-order valence-electron chi connectivity index (χ0n) is 7.25. The quantitative estimate of drug-likeness (QED) is 0.626. The van der Waals surface area contributed by atoms with E-state index in [1.807, 2.05) is 6.07 Å². The van der Waals surface area contributed by atoms with Gasteiger partial charge in [-0.2, -0.15) is 5.10 Å². The van der Waals surface area contributed by atoms with Gasteiger partial charge in [-0.05, 0) is 12.8 Å². The highest BCUT2D eigenvalue weighted by atomic mass is 16.3. The van der Waals surface area contributed by atoms with Gasteiger partial charge < -0.3 is 10.8 Å². The van der Waals surface area contributed by atoms with Gasteiger partial charge in [-0.25, -0.2) is 0 Å². The third kappa shape index (κ3) is 1.98. The van der Waals surface area contributed by atoms with Crippen LogP contribution in [0.2, 0.25) is 0 Å². The van der Waals surface area contributed by atoms with Crippen LogP contribution in [0.1, 0.15) is 31.4 Å². The molecule has 0 fully saturated rings. The molecule has 68 valence electrons. The second-order valence-corrected chi connectivity index (χ2v) is 2.87. The fraction of sp³-hybridized carbons (Fsp3) is 0.625. The Morgan fingerprint density at radius 3 is 2.92 bits per heavy atom. The van der Waals surface area contributed by atoms with E-state index in [1.165, 1.54) is 0 Å². The lowest BCUT2D eigenvalue weighted by molar-refractivity contribution is 0.273. The summed E-state index contributed by atoms with van der Waals surface area (Å²) in [6.45, 7) is 2.29. The molecule has 4 nitrogen and oxygen atoms in total. The van der Waals surface area contributed by atoms with Crippen LogP contribution < -0.4 is 5.73 Å². The SMILES string of the molecule is CCC(CCO)c1cc(N)n[nH]1. The van der Waals surface area contributed by atoms with Gasteiger partial charge in [0.1, 0.15) is 5.82 Å². The summed E-state index contributed by atoms with van der Waals surface area (Å²) in [6.07, 6.45) is 1.75. The molecule has 0 bridgehead atoms. The number of hydrogen-bond acceptors (Lipinski definition) is 3. The van der Waals surface area contributed by atoms with Crippen LogP contribution in [0.3, 0.4) is 0 Å². The lowest BCUT2D eigenvalue weighted by Crippen LogP contribution is -2.00. The number of nitrogens with two attached hydrogens (primary N) is 1. The minimum Gasteiger partial charge on any atom is -0.396 e. The average Bonchev–Trinajstić information content (AvgIpc) is 2.47. The number of nitrogens with one attached hydrogen (secondary N) is 1. The Labute approximate surface area is 71.8 Å². The summed E-state index contributed by atoms with van der Waals surface area (Å²) in [5.41, 5.74) is 6.48. The van der Waals surface area contributed by atoms with E-state index in [-0.39, 0.29) is 6.61 Å². The van der Waals surface area contributed by atoms with Crippen LogP contribution in [0.25, 0.3) is 0 Å². The van der Waals surface area contributed by atoms with Crippen molar-refractivity contribution in [3.05, 3.63) is 11.8 Å². The molecule has 0 aromatic carbocycles. The summed E-state index contributed by atoms with van der Waals surface area (Å²) >= 11 is 0. The first-order valence-corrected chi connectivity index (χ1v) is 4.19. The maximum absolute atomic E-state index is 8.77. The van der Waals surface area contributed by atoms with E-state index in [1.54, 1.807) is 0 Å². The molecule has 1 heterocycles. The molecule has 12 heavy (non-hydrogen) atoms. The lowest BCUT2D eigenvalue weighted by atomic mass is 9.99. The number of H-pyrrole nitrogens is 1. The lowest BCUT2D eigenvalue weighted by Gasteiger charge is -2.09. The van der Waals surface area contributed by atoms with Crippen molar-refractivity contribution in [2.45, 2.75) is 25.7 Å². The Bertz CT molecular complexity index is 234. The maximum atomic E-state index is 8.77. The van der Waals surface area contributed by atoms with Gasteiger partial charge in [-0.3, -0.25) is 5.10 Å². The van der Waals surface area contributed by atoms with E-state index < -0.39 is 0 Å². The third-order valence-electron chi connectivity index (χ3n) is 2.03. The minimum absolute atomic E-state index is 0.206. The summed E-state index contributed by atoms with van der Waals surface area (Å²) in [7, 11) is 0. The van der Waals surface area contributed by atoms with Gasteiger partial charge in [0.05, 0.1) is 0 Å². The Balaban J connectivity index is 2.66. The smallest absolute Gasteiger partial charge is 0.145 e. The Hall–Kier alpha value is -1.03. The molecule has 0 saturated heterocycles. The zero-order valence-corrected chi connectivity index (χ0v) is 7.25. The minimum atomic E-state index is 0.206. The van der Waals surface area contributed by atoms with Gasteiger partial charge in [0.15, 0.2) is 0 Å². The number of aromatic amines is 1. The van der Waals surface area contributed by atoms with E-state index in [0.29, 0.717) is 11.7 Å². The van der Waals surface area contributed by atoms with Crippen molar-refractivity contribution in [3.63, 3.8) is 0 Å². The standard InChI is InChI=1S/C8H15N3O/c1-2-6(3-4-12)7-5-8(9)11-10-7/h5-6,12H,2-4H2,1H3,(H3,9,10,11). The van der Waals surface area contributed by atoms with Crippen LogP contribution in [-0.4, -0.2) is 21.9 Å². The molecular formula is C8H15N3O. The molecular weight excluding hydrogens is 154 g/mol. The zero-order chi connectivity index (χ0) is 8.97. The first-order valence-electron chi connectivity index (χ1n) is 4.19. The number of aromatic nitrogens is 2.